The van der Waals surface area contributed by atoms with Crippen LogP contribution in [0, 0.1) is 0 Å². The van der Waals surface area contributed by atoms with Crippen molar-refractivity contribution < 1.29 is 23.0 Å². The topological polar surface area (TPSA) is 50.5 Å². The zero-order chi connectivity index (χ0) is 21.4. The van der Waals surface area contributed by atoms with Gasteiger partial charge in [0.1, 0.15) is 17.1 Å². The highest BCUT2D eigenvalue weighted by Gasteiger charge is 2.39. The second kappa shape index (κ2) is 7.92. The minimum absolute atomic E-state index is 0.134. The molecule has 1 N–H and O–H groups in total. The molecule has 0 spiro atoms. The Kier molecular flexibility index (Phi) is 5.46. The molecule has 30 heavy (non-hydrogen) atoms. The molecule has 0 aliphatic carbocycles. The third-order valence-electron chi connectivity index (χ3n) is 5.77. The van der Waals surface area contributed by atoms with Crippen molar-refractivity contribution in [2.45, 2.75) is 37.7 Å². The van der Waals surface area contributed by atoms with Crippen molar-refractivity contribution in [2.75, 3.05) is 20.2 Å². The van der Waals surface area contributed by atoms with Gasteiger partial charge in [0.15, 0.2) is 0 Å². The number of halogens is 3. The summed E-state index contributed by atoms with van der Waals surface area (Å²) in [5.74, 6) is 0.804. The third-order valence-corrected chi connectivity index (χ3v) is 5.77. The van der Waals surface area contributed by atoms with Crippen LogP contribution >= 0.6 is 0 Å². The number of hydrogen-bond donors (Lipinski definition) is 1. The van der Waals surface area contributed by atoms with Gasteiger partial charge in [-0.25, -0.2) is 4.98 Å². The molecule has 3 aromatic rings. The molecule has 4 rings (SSSR count). The van der Waals surface area contributed by atoms with E-state index in [-0.39, 0.29) is 12.2 Å². The van der Waals surface area contributed by atoms with Gasteiger partial charge in [0.05, 0.1) is 19.3 Å². The molecule has 160 valence electrons. The van der Waals surface area contributed by atoms with Crippen molar-refractivity contribution in [3.05, 3.63) is 59.9 Å². The van der Waals surface area contributed by atoms with E-state index in [0.717, 1.165) is 21.9 Å². The van der Waals surface area contributed by atoms with Gasteiger partial charge in [-0.05, 0) is 37.1 Å². The molecular formula is C22H24F3N3O2. The summed E-state index contributed by atoms with van der Waals surface area (Å²) in [7, 11) is 1.63. The van der Waals surface area contributed by atoms with E-state index < -0.39 is 17.5 Å². The van der Waals surface area contributed by atoms with E-state index in [4.69, 9.17) is 4.74 Å². The summed E-state index contributed by atoms with van der Waals surface area (Å²) in [6.07, 6.45) is -2.28. The lowest BCUT2D eigenvalue weighted by atomic mass is 9.91. The molecule has 1 saturated heterocycles. The van der Waals surface area contributed by atoms with Gasteiger partial charge >= 0.3 is 6.18 Å². The standard InChI is InChI=1S/C22H24F3N3O2/c1-30-18-7-3-2-5-17(18)14-27-11-8-21(29,9-12-27)15-28-19(22(23,24)25)13-16-6-4-10-26-20(16)28/h2-7,10,13,29H,8-9,11-12,14-15H2,1H3. The van der Waals surface area contributed by atoms with E-state index in [1.54, 1.807) is 19.2 Å². The van der Waals surface area contributed by atoms with Gasteiger partial charge < -0.3 is 14.4 Å². The molecule has 5 nitrogen and oxygen atoms in total. The van der Waals surface area contributed by atoms with Crippen molar-refractivity contribution in [2.24, 2.45) is 0 Å². The second-order valence-corrected chi connectivity index (χ2v) is 7.84. The molecule has 1 aliphatic rings. The summed E-state index contributed by atoms with van der Waals surface area (Å²) in [5.41, 5.74) is -0.707. The van der Waals surface area contributed by atoms with Gasteiger partial charge in [0.2, 0.25) is 0 Å². The molecule has 0 bridgehead atoms. The maximum Gasteiger partial charge on any atom is 0.431 e. The van der Waals surface area contributed by atoms with Crippen LogP contribution in [-0.2, 0) is 19.3 Å². The van der Waals surface area contributed by atoms with Crippen LogP contribution in [0.1, 0.15) is 24.1 Å². The van der Waals surface area contributed by atoms with Gasteiger partial charge in [-0.2, -0.15) is 13.2 Å². The molecule has 0 radical (unpaired) electrons. The van der Waals surface area contributed by atoms with Crippen LogP contribution in [-0.4, -0.2) is 45.4 Å². The number of nitrogens with zero attached hydrogens (tertiary/aromatic N) is 3. The summed E-state index contributed by atoms with van der Waals surface area (Å²) in [6.45, 7) is 1.71. The van der Waals surface area contributed by atoms with Crippen molar-refractivity contribution >= 4 is 11.0 Å². The van der Waals surface area contributed by atoms with E-state index in [0.29, 0.717) is 37.9 Å². The lowest BCUT2D eigenvalue weighted by Crippen LogP contribution is -2.46. The van der Waals surface area contributed by atoms with Gasteiger partial charge in [-0.3, -0.25) is 4.90 Å². The highest BCUT2D eigenvalue weighted by atomic mass is 19.4. The maximum absolute atomic E-state index is 13.6. The predicted molar refractivity (Wildman–Crippen MR) is 107 cm³/mol. The van der Waals surface area contributed by atoms with Crippen molar-refractivity contribution in [3.8, 4) is 5.75 Å². The number of aromatic nitrogens is 2. The Hall–Kier alpha value is -2.58. The van der Waals surface area contributed by atoms with Gasteiger partial charge in [-0.15, -0.1) is 0 Å². The molecule has 1 aromatic carbocycles. The monoisotopic (exact) mass is 419 g/mol. The van der Waals surface area contributed by atoms with Crippen LogP contribution in [0.25, 0.3) is 11.0 Å². The molecule has 2 aromatic heterocycles. The van der Waals surface area contributed by atoms with Gasteiger partial charge in [0.25, 0.3) is 0 Å². The first-order chi connectivity index (χ1) is 14.3. The van der Waals surface area contributed by atoms with Gasteiger partial charge in [-0.1, -0.05) is 18.2 Å². The van der Waals surface area contributed by atoms with E-state index in [2.05, 4.69) is 9.88 Å². The fourth-order valence-electron chi connectivity index (χ4n) is 4.14. The van der Waals surface area contributed by atoms with Crippen LogP contribution in [0.5, 0.6) is 5.75 Å². The number of hydrogen-bond acceptors (Lipinski definition) is 4. The van der Waals surface area contributed by atoms with Crippen molar-refractivity contribution in [1.29, 1.82) is 0 Å². The number of rotatable bonds is 5. The Morgan fingerprint density at radius 3 is 2.57 bits per heavy atom. The van der Waals surface area contributed by atoms with Crippen LogP contribution in [0.3, 0.4) is 0 Å². The minimum Gasteiger partial charge on any atom is -0.496 e. The number of para-hydroxylation sites is 1. The lowest BCUT2D eigenvalue weighted by Gasteiger charge is -2.39. The first-order valence-electron chi connectivity index (χ1n) is 9.87. The molecule has 0 amide bonds. The molecule has 3 heterocycles. The largest absolute Gasteiger partial charge is 0.496 e. The molecule has 0 unspecified atom stereocenters. The number of methoxy groups -OCH3 is 1. The summed E-state index contributed by atoms with van der Waals surface area (Å²) >= 11 is 0. The van der Waals surface area contributed by atoms with Crippen molar-refractivity contribution in [3.63, 3.8) is 0 Å². The fourth-order valence-corrected chi connectivity index (χ4v) is 4.14. The average Bonchev–Trinajstić information content (AvgIpc) is 3.09. The Bertz CT molecular complexity index is 1020. The Labute approximate surface area is 172 Å². The zero-order valence-corrected chi connectivity index (χ0v) is 16.7. The lowest BCUT2D eigenvalue weighted by molar-refractivity contribution is -0.145. The van der Waals surface area contributed by atoms with Crippen LogP contribution in [0.2, 0.25) is 0 Å². The van der Waals surface area contributed by atoms with Crippen LogP contribution < -0.4 is 4.74 Å². The number of ether oxygens (including phenoxy) is 1. The zero-order valence-electron chi connectivity index (χ0n) is 16.7. The predicted octanol–water partition coefficient (Wildman–Crippen LogP) is 4.09. The molecule has 8 heteroatoms. The molecule has 0 saturated carbocycles. The highest BCUT2D eigenvalue weighted by molar-refractivity contribution is 5.77. The van der Waals surface area contributed by atoms with E-state index in [9.17, 15) is 18.3 Å². The third kappa shape index (κ3) is 4.15. The van der Waals surface area contributed by atoms with E-state index in [1.165, 1.54) is 6.20 Å². The van der Waals surface area contributed by atoms with Crippen LogP contribution in [0.4, 0.5) is 13.2 Å². The number of benzene rings is 1. The summed E-state index contributed by atoms with van der Waals surface area (Å²) < 4.78 is 47.3. The van der Waals surface area contributed by atoms with Crippen LogP contribution in [0.15, 0.2) is 48.7 Å². The summed E-state index contributed by atoms with van der Waals surface area (Å²) in [6, 6.07) is 12.1. The smallest absolute Gasteiger partial charge is 0.431 e. The normalized spacial score (nSPS) is 17.4. The average molecular weight is 419 g/mol. The summed E-state index contributed by atoms with van der Waals surface area (Å²) in [4.78, 5) is 6.31. The fraction of sp³-hybridized carbons (Fsp3) is 0.409. The number of piperidine rings is 1. The number of fused-ring (bicyclic) bond motifs is 1. The Morgan fingerprint density at radius 1 is 1.13 bits per heavy atom. The minimum atomic E-state index is -4.51. The number of pyridine rings is 1. The first kappa shape index (κ1) is 20.7. The number of likely N-dealkylation sites (tertiary alicyclic amines) is 1. The highest BCUT2D eigenvalue weighted by Crippen LogP contribution is 2.36. The second-order valence-electron chi connectivity index (χ2n) is 7.84. The SMILES string of the molecule is COc1ccccc1CN1CCC(O)(Cn2c(C(F)(F)F)cc3cccnc32)CC1. The van der Waals surface area contributed by atoms with Crippen molar-refractivity contribution in [1.82, 2.24) is 14.5 Å². The number of alkyl halides is 3. The summed E-state index contributed by atoms with van der Waals surface area (Å²) in [5, 5.41) is 11.5. The molecular weight excluding hydrogens is 395 g/mol. The maximum atomic E-state index is 13.6. The Morgan fingerprint density at radius 2 is 1.87 bits per heavy atom. The first-order valence-corrected chi connectivity index (χ1v) is 9.87. The molecule has 1 fully saturated rings. The van der Waals surface area contributed by atoms with E-state index in [1.807, 2.05) is 24.3 Å². The van der Waals surface area contributed by atoms with E-state index >= 15 is 0 Å². The van der Waals surface area contributed by atoms with Gasteiger partial charge in [0, 0.05) is 36.8 Å². The quantitative estimate of drug-likeness (QED) is 0.677. The number of aliphatic hydroxyl groups is 1. The molecule has 1 aliphatic heterocycles. The Balaban J connectivity index is 1.51. The molecule has 0 atom stereocenters.